The summed E-state index contributed by atoms with van der Waals surface area (Å²) in [7, 11) is 0. The smallest absolute Gasteiger partial charge is 0.256 e. The minimum atomic E-state index is -0.176. The lowest BCUT2D eigenvalue weighted by Gasteiger charge is -2.11. The molecule has 0 saturated carbocycles. The van der Waals surface area contributed by atoms with Gasteiger partial charge in [-0.25, -0.2) is 0 Å². The minimum absolute atomic E-state index is 0.176. The van der Waals surface area contributed by atoms with Gasteiger partial charge >= 0.3 is 0 Å². The molecule has 0 radical (unpaired) electrons. The molecule has 0 fully saturated rings. The second-order valence-electron chi connectivity index (χ2n) is 4.83. The fraction of sp³-hybridized carbons (Fsp3) is 0.125. The van der Waals surface area contributed by atoms with Gasteiger partial charge in [-0.2, -0.15) is 0 Å². The number of amides is 1. The molecule has 5 heteroatoms. The van der Waals surface area contributed by atoms with Crippen molar-refractivity contribution in [2.75, 3.05) is 5.32 Å². The maximum absolute atomic E-state index is 12.4. The van der Waals surface area contributed by atoms with Gasteiger partial charge in [-0.1, -0.05) is 30.4 Å². The Morgan fingerprint density at radius 2 is 1.90 bits per heavy atom. The number of nitrogens with one attached hydrogen (secondary N) is 1. The van der Waals surface area contributed by atoms with E-state index in [0.717, 1.165) is 21.2 Å². The van der Waals surface area contributed by atoms with Gasteiger partial charge in [0, 0.05) is 15.7 Å². The minimum Gasteiger partial charge on any atom is -0.389 e. The zero-order valence-corrected chi connectivity index (χ0v) is 14.1. The van der Waals surface area contributed by atoms with Gasteiger partial charge in [-0.15, -0.1) is 0 Å². The summed E-state index contributed by atoms with van der Waals surface area (Å²) < 4.78 is 0.767. The fourth-order valence-electron chi connectivity index (χ4n) is 1.90. The summed E-state index contributed by atoms with van der Waals surface area (Å²) in [5.41, 5.74) is 9.69. The molecule has 21 heavy (non-hydrogen) atoms. The average molecular weight is 363 g/mol. The molecule has 0 atom stereocenters. The third-order valence-electron chi connectivity index (χ3n) is 3.14. The quantitative estimate of drug-likeness (QED) is 0.812. The van der Waals surface area contributed by atoms with Crippen LogP contribution >= 0.6 is 28.1 Å². The van der Waals surface area contributed by atoms with Gasteiger partial charge in [0.2, 0.25) is 0 Å². The number of hydrogen-bond donors (Lipinski definition) is 2. The van der Waals surface area contributed by atoms with E-state index < -0.39 is 0 Å². The normalized spacial score (nSPS) is 10.2. The maximum Gasteiger partial charge on any atom is 0.256 e. The van der Waals surface area contributed by atoms with Crippen LogP contribution in [0.5, 0.6) is 0 Å². The van der Waals surface area contributed by atoms with Crippen molar-refractivity contribution in [2.45, 2.75) is 13.8 Å². The number of aryl methyl sites for hydroxylation is 2. The molecule has 0 aliphatic carbocycles. The van der Waals surface area contributed by atoms with Crippen molar-refractivity contribution >= 4 is 44.7 Å². The topological polar surface area (TPSA) is 55.1 Å². The molecule has 2 rings (SSSR count). The van der Waals surface area contributed by atoms with E-state index in [1.54, 1.807) is 12.1 Å². The molecular formula is C16H15BrN2OS. The van der Waals surface area contributed by atoms with Crippen LogP contribution < -0.4 is 11.1 Å². The lowest BCUT2D eigenvalue weighted by Crippen LogP contribution is -2.15. The molecule has 0 aliphatic rings. The molecule has 0 unspecified atom stereocenters. The molecule has 0 spiro atoms. The van der Waals surface area contributed by atoms with Crippen LogP contribution in [0, 0.1) is 13.8 Å². The van der Waals surface area contributed by atoms with Crippen molar-refractivity contribution < 1.29 is 4.79 Å². The van der Waals surface area contributed by atoms with Crippen molar-refractivity contribution in [3.63, 3.8) is 0 Å². The number of benzene rings is 2. The second kappa shape index (κ2) is 6.37. The largest absolute Gasteiger partial charge is 0.389 e. The van der Waals surface area contributed by atoms with Crippen molar-refractivity contribution in [1.82, 2.24) is 0 Å². The van der Waals surface area contributed by atoms with Gasteiger partial charge in [0.1, 0.15) is 4.99 Å². The number of anilines is 1. The van der Waals surface area contributed by atoms with Crippen LogP contribution in [0.1, 0.15) is 27.0 Å². The Labute approximate surface area is 137 Å². The van der Waals surface area contributed by atoms with Crippen molar-refractivity contribution in [1.29, 1.82) is 0 Å². The van der Waals surface area contributed by atoms with Crippen molar-refractivity contribution in [3.05, 3.63) is 63.1 Å². The number of carbonyl (C=O) groups excluding carboxylic acids is 1. The molecular weight excluding hydrogens is 348 g/mol. The van der Waals surface area contributed by atoms with Crippen LogP contribution in [0.15, 0.2) is 40.9 Å². The van der Waals surface area contributed by atoms with Gasteiger partial charge in [0.05, 0.1) is 5.56 Å². The molecule has 0 heterocycles. The van der Waals surface area contributed by atoms with Crippen LogP contribution in [0.3, 0.4) is 0 Å². The molecule has 2 aromatic carbocycles. The first-order valence-corrected chi connectivity index (χ1v) is 7.56. The first-order valence-electron chi connectivity index (χ1n) is 6.36. The Kier molecular flexibility index (Phi) is 4.75. The summed E-state index contributed by atoms with van der Waals surface area (Å²) in [5, 5.41) is 2.90. The molecule has 3 N–H and O–H groups in total. The average Bonchev–Trinajstić information content (AvgIpc) is 2.40. The Bertz CT molecular complexity index is 728. The number of rotatable bonds is 3. The monoisotopic (exact) mass is 362 g/mol. The molecule has 108 valence electrons. The number of carbonyl (C=O) groups is 1. The van der Waals surface area contributed by atoms with Crippen LogP contribution in [-0.2, 0) is 0 Å². The summed E-state index contributed by atoms with van der Waals surface area (Å²) >= 11 is 8.38. The number of thiocarbonyl (C=S) groups is 1. The highest BCUT2D eigenvalue weighted by molar-refractivity contribution is 9.10. The second-order valence-corrected chi connectivity index (χ2v) is 6.13. The van der Waals surface area contributed by atoms with Gasteiger partial charge in [0.25, 0.3) is 5.91 Å². The van der Waals surface area contributed by atoms with Gasteiger partial charge < -0.3 is 11.1 Å². The summed E-state index contributed by atoms with van der Waals surface area (Å²) in [6.45, 7) is 3.89. The first kappa shape index (κ1) is 15.7. The van der Waals surface area contributed by atoms with E-state index in [1.807, 2.05) is 38.1 Å². The van der Waals surface area contributed by atoms with Gasteiger partial charge in [0.15, 0.2) is 0 Å². The predicted octanol–water partition coefficient (Wildman–Crippen LogP) is 3.95. The number of halogens is 1. The van der Waals surface area contributed by atoms with E-state index in [-0.39, 0.29) is 5.91 Å². The Morgan fingerprint density at radius 3 is 2.52 bits per heavy atom. The maximum atomic E-state index is 12.4. The highest BCUT2D eigenvalue weighted by Gasteiger charge is 2.12. The van der Waals surface area contributed by atoms with E-state index in [0.29, 0.717) is 16.2 Å². The Balaban J connectivity index is 2.31. The lowest BCUT2D eigenvalue weighted by atomic mass is 10.1. The lowest BCUT2D eigenvalue weighted by molar-refractivity contribution is 0.102. The number of hydrogen-bond acceptors (Lipinski definition) is 2. The predicted molar refractivity (Wildman–Crippen MR) is 93.9 cm³/mol. The Morgan fingerprint density at radius 1 is 1.19 bits per heavy atom. The summed E-state index contributed by atoms with van der Waals surface area (Å²) in [5.74, 6) is -0.176. The molecule has 3 nitrogen and oxygen atoms in total. The van der Waals surface area contributed by atoms with E-state index >= 15 is 0 Å². The highest BCUT2D eigenvalue weighted by atomic mass is 79.9. The van der Waals surface area contributed by atoms with E-state index in [2.05, 4.69) is 21.2 Å². The van der Waals surface area contributed by atoms with E-state index in [1.165, 1.54) is 0 Å². The zero-order chi connectivity index (χ0) is 15.6. The van der Waals surface area contributed by atoms with E-state index in [4.69, 9.17) is 18.0 Å². The summed E-state index contributed by atoms with van der Waals surface area (Å²) in [6, 6.07) is 11.1. The SMILES string of the molecule is Cc1ccc(C(=O)Nc2cc(C(N)=S)ccc2C)c(Br)c1. The Hall–Kier alpha value is -1.72. The number of nitrogens with two attached hydrogens (primary N) is 1. The molecule has 0 bridgehead atoms. The molecule has 2 aromatic rings. The molecule has 0 saturated heterocycles. The van der Waals surface area contributed by atoms with Gasteiger partial charge in [-0.3, -0.25) is 4.79 Å². The highest BCUT2D eigenvalue weighted by Crippen LogP contribution is 2.22. The third-order valence-corrected chi connectivity index (χ3v) is 4.03. The van der Waals surface area contributed by atoms with Crippen molar-refractivity contribution in [3.8, 4) is 0 Å². The first-order chi connectivity index (χ1) is 9.88. The van der Waals surface area contributed by atoms with Crippen LogP contribution in [0.25, 0.3) is 0 Å². The molecule has 1 amide bonds. The van der Waals surface area contributed by atoms with Crippen LogP contribution in [0.4, 0.5) is 5.69 Å². The van der Waals surface area contributed by atoms with Crippen LogP contribution in [-0.4, -0.2) is 10.9 Å². The van der Waals surface area contributed by atoms with E-state index in [9.17, 15) is 4.79 Å². The standard InChI is InChI=1S/C16H15BrN2OS/c1-9-3-6-12(13(17)7-9)16(20)19-14-8-11(15(18)21)5-4-10(14)2/h3-8H,1-2H3,(H2,18,21)(H,19,20). The van der Waals surface area contributed by atoms with Crippen LogP contribution in [0.2, 0.25) is 0 Å². The summed E-state index contributed by atoms with van der Waals surface area (Å²) in [6.07, 6.45) is 0. The third kappa shape index (κ3) is 3.68. The van der Waals surface area contributed by atoms with Gasteiger partial charge in [-0.05, 0) is 59.1 Å². The molecule has 0 aromatic heterocycles. The van der Waals surface area contributed by atoms with Crippen molar-refractivity contribution in [2.24, 2.45) is 5.73 Å². The fourth-order valence-corrected chi connectivity index (χ4v) is 2.70. The molecule has 0 aliphatic heterocycles. The summed E-state index contributed by atoms with van der Waals surface area (Å²) in [4.78, 5) is 12.7. The zero-order valence-electron chi connectivity index (χ0n) is 11.7.